The molecule has 2 unspecified atom stereocenters. The van der Waals surface area contributed by atoms with Crippen LogP contribution in [0.2, 0.25) is 0 Å². The fourth-order valence-corrected chi connectivity index (χ4v) is 2.24. The summed E-state index contributed by atoms with van der Waals surface area (Å²) in [5.41, 5.74) is -0.0113. The zero-order chi connectivity index (χ0) is 13.8. The van der Waals surface area contributed by atoms with Gasteiger partial charge in [-0.25, -0.2) is 9.78 Å². The van der Waals surface area contributed by atoms with Gasteiger partial charge in [-0.1, -0.05) is 6.92 Å². The Morgan fingerprint density at radius 2 is 2.37 bits per heavy atom. The van der Waals surface area contributed by atoms with Gasteiger partial charge in [0.1, 0.15) is 11.4 Å². The van der Waals surface area contributed by atoms with E-state index in [0.29, 0.717) is 13.0 Å². The highest BCUT2D eigenvalue weighted by molar-refractivity contribution is 6.00. The first-order valence-corrected chi connectivity index (χ1v) is 6.24. The van der Waals surface area contributed by atoms with Gasteiger partial charge in [-0.15, -0.1) is 0 Å². The number of amides is 1. The second-order valence-corrected chi connectivity index (χ2v) is 4.41. The third-order valence-corrected chi connectivity index (χ3v) is 3.23. The van der Waals surface area contributed by atoms with Crippen LogP contribution in [0.1, 0.15) is 30.1 Å². The molecule has 1 aliphatic heterocycles. The number of rotatable bonds is 4. The molecule has 0 bridgehead atoms. The molecule has 2 heterocycles. The lowest BCUT2D eigenvalue weighted by molar-refractivity contribution is -0.121. The minimum Gasteiger partial charge on any atom is -0.478 e. The van der Waals surface area contributed by atoms with Gasteiger partial charge in [0.05, 0.1) is 12.0 Å². The normalized spacial score (nSPS) is 22.2. The van der Waals surface area contributed by atoms with E-state index in [2.05, 4.69) is 10.3 Å². The predicted molar refractivity (Wildman–Crippen MR) is 68.0 cm³/mol. The second kappa shape index (κ2) is 5.79. The molecule has 0 aromatic carbocycles. The molecule has 0 saturated carbocycles. The summed E-state index contributed by atoms with van der Waals surface area (Å²) in [6.07, 6.45) is 2.76. The van der Waals surface area contributed by atoms with Crippen LogP contribution in [0.25, 0.3) is 0 Å². The molecular weight excluding hydrogens is 248 g/mol. The average Bonchev–Trinajstić information content (AvgIpc) is 2.87. The van der Waals surface area contributed by atoms with Crippen LogP contribution in [0.4, 0.5) is 5.82 Å². The Bertz CT molecular complexity index is 489. The fraction of sp³-hybridized carbons (Fsp3) is 0.462. The molecule has 0 radical (unpaired) electrons. The van der Waals surface area contributed by atoms with Crippen LogP contribution in [0.15, 0.2) is 18.3 Å². The molecule has 0 spiro atoms. The van der Waals surface area contributed by atoms with Crippen LogP contribution in [0.3, 0.4) is 0 Å². The highest BCUT2D eigenvalue weighted by Gasteiger charge is 2.33. The van der Waals surface area contributed by atoms with Gasteiger partial charge in [0.15, 0.2) is 0 Å². The van der Waals surface area contributed by atoms with E-state index in [1.807, 2.05) is 6.92 Å². The van der Waals surface area contributed by atoms with Crippen LogP contribution >= 0.6 is 0 Å². The van der Waals surface area contributed by atoms with Gasteiger partial charge in [-0.2, -0.15) is 0 Å². The number of aromatic nitrogens is 1. The number of carboxylic acid groups (broad SMARTS) is 1. The Kier molecular flexibility index (Phi) is 4.11. The van der Waals surface area contributed by atoms with E-state index in [1.54, 1.807) is 0 Å². The minimum absolute atomic E-state index is 0.0113. The van der Waals surface area contributed by atoms with Crippen molar-refractivity contribution in [2.75, 3.05) is 11.9 Å². The van der Waals surface area contributed by atoms with E-state index in [0.717, 1.165) is 6.42 Å². The smallest absolute Gasteiger partial charge is 0.339 e. The third kappa shape index (κ3) is 2.90. The number of hydrogen-bond donors (Lipinski definition) is 2. The summed E-state index contributed by atoms with van der Waals surface area (Å²) in [4.78, 5) is 27.1. The van der Waals surface area contributed by atoms with Crippen LogP contribution < -0.4 is 5.32 Å². The molecule has 2 N–H and O–H groups in total. The highest BCUT2D eigenvalue weighted by Crippen LogP contribution is 2.25. The quantitative estimate of drug-likeness (QED) is 0.861. The van der Waals surface area contributed by atoms with E-state index in [4.69, 9.17) is 9.84 Å². The average molecular weight is 264 g/mol. The maximum absolute atomic E-state index is 12.1. The lowest BCUT2D eigenvalue weighted by atomic mass is 9.98. The molecule has 1 aromatic heterocycles. The molecule has 2 atom stereocenters. The summed E-state index contributed by atoms with van der Waals surface area (Å²) in [5.74, 6) is -1.50. The molecule has 19 heavy (non-hydrogen) atoms. The molecule has 2 rings (SSSR count). The number of ether oxygens (including phenoxy) is 1. The van der Waals surface area contributed by atoms with Crippen molar-refractivity contribution in [1.82, 2.24) is 4.98 Å². The van der Waals surface area contributed by atoms with Gasteiger partial charge >= 0.3 is 5.97 Å². The minimum atomic E-state index is -1.11. The largest absolute Gasteiger partial charge is 0.478 e. The second-order valence-electron chi connectivity index (χ2n) is 4.41. The van der Waals surface area contributed by atoms with Gasteiger partial charge < -0.3 is 15.2 Å². The summed E-state index contributed by atoms with van der Waals surface area (Å²) in [6, 6.07) is 2.93. The van der Waals surface area contributed by atoms with Crippen molar-refractivity contribution in [3.8, 4) is 0 Å². The van der Waals surface area contributed by atoms with Gasteiger partial charge in [0.2, 0.25) is 5.91 Å². The molecule has 6 heteroatoms. The number of carbonyl (C=O) groups is 2. The molecule has 1 fully saturated rings. The van der Waals surface area contributed by atoms with Crippen molar-refractivity contribution in [2.45, 2.75) is 25.9 Å². The third-order valence-electron chi connectivity index (χ3n) is 3.23. The maximum Gasteiger partial charge on any atom is 0.339 e. The number of aromatic carboxylic acids is 1. The molecule has 1 aromatic rings. The number of hydrogen-bond acceptors (Lipinski definition) is 4. The monoisotopic (exact) mass is 264 g/mol. The zero-order valence-corrected chi connectivity index (χ0v) is 10.6. The van der Waals surface area contributed by atoms with E-state index in [1.165, 1.54) is 18.3 Å². The van der Waals surface area contributed by atoms with Crippen molar-refractivity contribution in [3.05, 3.63) is 23.9 Å². The SMILES string of the molecule is CCC1OCCC1C(=O)Nc1ncccc1C(=O)O. The van der Waals surface area contributed by atoms with E-state index in [9.17, 15) is 9.59 Å². The van der Waals surface area contributed by atoms with Crippen molar-refractivity contribution < 1.29 is 19.4 Å². The highest BCUT2D eigenvalue weighted by atomic mass is 16.5. The van der Waals surface area contributed by atoms with E-state index in [-0.39, 0.29) is 29.3 Å². The summed E-state index contributed by atoms with van der Waals surface area (Å²) < 4.78 is 5.45. The van der Waals surface area contributed by atoms with Crippen molar-refractivity contribution in [2.24, 2.45) is 5.92 Å². The lowest BCUT2D eigenvalue weighted by Gasteiger charge is -2.16. The summed E-state index contributed by atoms with van der Waals surface area (Å²) in [7, 11) is 0. The molecule has 1 aliphatic rings. The zero-order valence-electron chi connectivity index (χ0n) is 10.6. The van der Waals surface area contributed by atoms with E-state index >= 15 is 0 Å². The first-order chi connectivity index (χ1) is 9.13. The number of nitrogens with zero attached hydrogens (tertiary/aromatic N) is 1. The lowest BCUT2D eigenvalue weighted by Crippen LogP contribution is -2.30. The topological polar surface area (TPSA) is 88.5 Å². The Morgan fingerprint density at radius 1 is 1.58 bits per heavy atom. The Morgan fingerprint density at radius 3 is 3.05 bits per heavy atom. The first kappa shape index (κ1) is 13.5. The van der Waals surface area contributed by atoms with Crippen LogP contribution in [0, 0.1) is 5.92 Å². The van der Waals surface area contributed by atoms with Gasteiger partial charge in [-0.3, -0.25) is 4.79 Å². The predicted octanol–water partition coefficient (Wildman–Crippen LogP) is 1.53. The van der Waals surface area contributed by atoms with Crippen molar-refractivity contribution in [1.29, 1.82) is 0 Å². The molecular formula is C13H16N2O4. The first-order valence-electron chi connectivity index (χ1n) is 6.24. The molecule has 0 aliphatic carbocycles. The molecule has 1 amide bonds. The summed E-state index contributed by atoms with van der Waals surface area (Å²) >= 11 is 0. The van der Waals surface area contributed by atoms with Crippen molar-refractivity contribution in [3.63, 3.8) is 0 Å². The summed E-state index contributed by atoms with van der Waals surface area (Å²) in [5, 5.41) is 11.6. The van der Waals surface area contributed by atoms with Gasteiger partial charge in [0, 0.05) is 12.8 Å². The standard InChI is InChI=1S/C13H16N2O4/c1-2-10-8(5-7-19-10)12(16)15-11-9(13(17)18)4-3-6-14-11/h3-4,6,8,10H,2,5,7H2,1H3,(H,17,18)(H,14,15,16). The number of carboxylic acids is 1. The van der Waals surface area contributed by atoms with Gasteiger partial charge in [0.25, 0.3) is 0 Å². The van der Waals surface area contributed by atoms with Crippen LogP contribution in [0.5, 0.6) is 0 Å². The van der Waals surface area contributed by atoms with Crippen molar-refractivity contribution >= 4 is 17.7 Å². The fourth-order valence-electron chi connectivity index (χ4n) is 2.24. The Hall–Kier alpha value is -1.95. The number of nitrogens with one attached hydrogen (secondary N) is 1. The van der Waals surface area contributed by atoms with E-state index < -0.39 is 5.97 Å². The molecule has 6 nitrogen and oxygen atoms in total. The molecule has 102 valence electrons. The maximum atomic E-state index is 12.1. The number of anilines is 1. The Labute approximate surface area is 110 Å². The Balaban J connectivity index is 2.13. The molecule has 1 saturated heterocycles. The number of carbonyl (C=O) groups excluding carboxylic acids is 1. The summed E-state index contributed by atoms with van der Waals surface area (Å²) in [6.45, 7) is 2.52. The number of pyridine rings is 1. The van der Waals surface area contributed by atoms with Crippen LogP contribution in [-0.2, 0) is 9.53 Å². The van der Waals surface area contributed by atoms with Gasteiger partial charge in [-0.05, 0) is 25.0 Å². The van der Waals surface area contributed by atoms with Crippen LogP contribution in [-0.4, -0.2) is 34.7 Å².